The van der Waals surface area contributed by atoms with Gasteiger partial charge in [0.2, 0.25) is 0 Å². The average Bonchev–Trinajstić information content (AvgIpc) is 3.14. The molecule has 0 fully saturated rings. The maximum atomic E-state index is 13.3. The lowest BCUT2D eigenvalue weighted by atomic mass is 10.1. The molecule has 0 saturated carbocycles. The monoisotopic (exact) mass is 434 g/mol. The summed E-state index contributed by atoms with van der Waals surface area (Å²) in [6, 6.07) is 15.2. The predicted octanol–water partition coefficient (Wildman–Crippen LogP) is 3.09. The normalized spacial score (nSPS) is 11.1. The second kappa shape index (κ2) is 9.57. The molecule has 0 aromatic heterocycles. The van der Waals surface area contributed by atoms with Crippen molar-refractivity contribution < 1.29 is 13.9 Å². The molecule has 1 N–H and O–H groups in total. The summed E-state index contributed by atoms with van der Waals surface area (Å²) in [6.07, 6.45) is 4.01. The first-order valence-corrected chi connectivity index (χ1v) is 10.3. The lowest BCUT2D eigenvalue weighted by Gasteiger charge is -2.13. The molecule has 0 spiro atoms. The van der Waals surface area contributed by atoms with Gasteiger partial charge < -0.3 is 14.6 Å². The number of carbonyl (C=O) groups is 1. The van der Waals surface area contributed by atoms with Crippen molar-refractivity contribution in [2.45, 2.75) is 13.0 Å². The van der Waals surface area contributed by atoms with E-state index in [1.165, 1.54) is 16.8 Å². The molecule has 4 rings (SSSR count). The van der Waals surface area contributed by atoms with E-state index in [-0.39, 0.29) is 17.3 Å². The Balaban J connectivity index is 1.76. The minimum Gasteiger partial charge on any atom is -0.385 e. The molecule has 0 aliphatic carbocycles. The van der Waals surface area contributed by atoms with E-state index in [0.29, 0.717) is 48.6 Å². The van der Waals surface area contributed by atoms with Gasteiger partial charge in [-0.2, -0.15) is 9.78 Å². The summed E-state index contributed by atoms with van der Waals surface area (Å²) >= 11 is 0. The van der Waals surface area contributed by atoms with Gasteiger partial charge in [0, 0.05) is 39.2 Å². The van der Waals surface area contributed by atoms with E-state index in [1.54, 1.807) is 48.3 Å². The number of hydrogen-bond donors (Lipinski definition) is 1. The first-order valence-electron chi connectivity index (χ1n) is 10.3. The van der Waals surface area contributed by atoms with Crippen LogP contribution in [0.4, 0.5) is 4.39 Å². The zero-order chi connectivity index (χ0) is 22.5. The second-order valence-corrected chi connectivity index (χ2v) is 7.39. The van der Waals surface area contributed by atoms with E-state index in [2.05, 4.69) is 10.4 Å². The van der Waals surface area contributed by atoms with Gasteiger partial charge in [0.15, 0.2) is 0 Å². The van der Waals surface area contributed by atoms with Crippen molar-refractivity contribution in [2.24, 2.45) is 0 Å². The van der Waals surface area contributed by atoms with Crippen LogP contribution in [-0.4, -0.2) is 40.5 Å². The topological polar surface area (TPSA) is 78.1 Å². The number of pyridine rings is 1. The third-order valence-electron chi connectivity index (χ3n) is 5.06. The SMILES string of the molecule is COCCCNC(=O)c1cn(Cc2ccc(F)cc2)cc2c(=O)n(-c3ccccc3)nc1-2. The van der Waals surface area contributed by atoms with Gasteiger partial charge in [-0.3, -0.25) is 9.59 Å². The number of para-hydroxylation sites is 1. The van der Waals surface area contributed by atoms with E-state index >= 15 is 0 Å². The van der Waals surface area contributed by atoms with Crippen molar-refractivity contribution in [1.29, 1.82) is 0 Å². The summed E-state index contributed by atoms with van der Waals surface area (Å²) in [5.74, 6) is -0.645. The Kier molecular flexibility index (Phi) is 6.42. The second-order valence-electron chi connectivity index (χ2n) is 7.39. The van der Waals surface area contributed by atoms with Crippen LogP contribution in [0.15, 0.2) is 71.8 Å². The van der Waals surface area contributed by atoms with Crippen LogP contribution in [0.1, 0.15) is 22.3 Å². The Morgan fingerprint density at radius 3 is 2.56 bits per heavy atom. The predicted molar refractivity (Wildman–Crippen MR) is 119 cm³/mol. The van der Waals surface area contributed by atoms with Crippen LogP contribution in [0.2, 0.25) is 0 Å². The van der Waals surface area contributed by atoms with Crippen LogP contribution in [-0.2, 0) is 11.3 Å². The maximum absolute atomic E-state index is 13.3. The number of nitrogens with one attached hydrogen (secondary N) is 1. The highest BCUT2D eigenvalue weighted by molar-refractivity contribution is 5.99. The van der Waals surface area contributed by atoms with E-state index < -0.39 is 0 Å². The molecule has 0 atom stereocenters. The molecule has 2 aromatic rings. The van der Waals surface area contributed by atoms with Crippen LogP contribution in [0.3, 0.4) is 0 Å². The molecule has 8 heteroatoms. The molecular weight excluding hydrogens is 411 g/mol. The number of amides is 1. The minimum absolute atomic E-state index is 0.300. The summed E-state index contributed by atoms with van der Waals surface area (Å²) in [5.41, 5.74) is 2.11. The van der Waals surface area contributed by atoms with E-state index in [0.717, 1.165) is 5.56 Å². The summed E-state index contributed by atoms with van der Waals surface area (Å²) < 4.78 is 21.3. The third kappa shape index (κ3) is 4.60. The largest absolute Gasteiger partial charge is 0.385 e. The highest BCUT2D eigenvalue weighted by atomic mass is 19.1. The lowest BCUT2D eigenvalue weighted by Crippen LogP contribution is -2.27. The highest BCUT2D eigenvalue weighted by Gasteiger charge is 2.24. The number of aromatic nitrogens is 3. The van der Waals surface area contributed by atoms with E-state index in [1.807, 2.05) is 18.2 Å². The summed E-state index contributed by atoms with van der Waals surface area (Å²) in [6.45, 7) is 1.34. The van der Waals surface area contributed by atoms with Crippen molar-refractivity contribution in [3.05, 3.63) is 94.3 Å². The van der Waals surface area contributed by atoms with Crippen LogP contribution in [0, 0.1) is 5.82 Å². The molecule has 164 valence electrons. The number of methoxy groups -OCH3 is 1. The highest BCUT2D eigenvalue weighted by Crippen LogP contribution is 2.23. The molecule has 0 bridgehead atoms. The number of hydrogen-bond acceptors (Lipinski definition) is 4. The van der Waals surface area contributed by atoms with Gasteiger partial charge in [0.05, 0.1) is 16.8 Å². The molecule has 0 unspecified atom stereocenters. The number of fused-ring (bicyclic) bond motifs is 1. The number of rotatable bonds is 8. The molecule has 32 heavy (non-hydrogen) atoms. The van der Waals surface area contributed by atoms with Crippen LogP contribution >= 0.6 is 0 Å². The first-order chi connectivity index (χ1) is 15.6. The molecule has 2 aliphatic rings. The van der Waals surface area contributed by atoms with Crippen molar-refractivity contribution in [3.8, 4) is 16.9 Å². The summed E-state index contributed by atoms with van der Waals surface area (Å²) in [7, 11) is 1.60. The van der Waals surface area contributed by atoms with Gasteiger partial charge in [-0.15, -0.1) is 0 Å². The summed E-state index contributed by atoms with van der Waals surface area (Å²) in [4.78, 5) is 26.1. The Bertz CT molecular complexity index is 1230. The van der Waals surface area contributed by atoms with E-state index in [9.17, 15) is 14.0 Å². The number of ether oxygens (including phenoxy) is 1. The van der Waals surface area contributed by atoms with Gasteiger partial charge >= 0.3 is 0 Å². The van der Waals surface area contributed by atoms with Gasteiger partial charge in [-0.05, 0) is 36.2 Å². The molecular formula is C24H23FN4O3. The minimum atomic E-state index is -0.323. The van der Waals surface area contributed by atoms with Gasteiger partial charge in [-0.1, -0.05) is 30.3 Å². The fourth-order valence-corrected chi connectivity index (χ4v) is 3.48. The Morgan fingerprint density at radius 1 is 1.09 bits per heavy atom. The number of nitrogens with zero attached hydrogens (tertiary/aromatic N) is 3. The van der Waals surface area contributed by atoms with Gasteiger partial charge in [0.25, 0.3) is 11.5 Å². The smallest absolute Gasteiger partial charge is 0.282 e. The number of halogens is 1. The molecule has 2 aromatic carbocycles. The molecule has 7 nitrogen and oxygen atoms in total. The Hall–Kier alpha value is -3.78. The zero-order valence-corrected chi connectivity index (χ0v) is 17.6. The van der Waals surface area contributed by atoms with Crippen LogP contribution < -0.4 is 10.9 Å². The van der Waals surface area contributed by atoms with Gasteiger partial charge in [0.1, 0.15) is 11.5 Å². The molecule has 2 heterocycles. The van der Waals surface area contributed by atoms with Crippen molar-refractivity contribution in [3.63, 3.8) is 0 Å². The first kappa shape index (κ1) is 21.5. The maximum Gasteiger partial charge on any atom is 0.282 e. The van der Waals surface area contributed by atoms with Crippen molar-refractivity contribution >= 4 is 5.91 Å². The zero-order valence-electron chi connectivity index (χ0n) is 17.6. The van der Waals surface area contributed by atoms with E-state index in [4.69, 9.17) is 4.74 Å². The molecule has 2 aliphatic heterocycles. The average molecular weight is 434 g/mol. The Morgan fingerprint density at radius 2 is 1.84 bits per heavy atom. The molecule has 0 radical (unpaired) electrons. The Labute approximate surface area is 184 Å². The van der Waals surface area contributed by atoms with Gasteiger partial charge in [-0.25, -0.2) is 4.39 Å². The molecule has 0 saturated heterocycles. The standard InChI is InChI=1S/C24H23FN4O3/c1-32-13-5-12-26-23(30)20-15-28(14-17-8-10-18(25)11-9-17)16-21-22(20)27-29(24(21)31)19-6-3-2-4-7-19/h2-4,6-11,15-16H,5,12-14H2,1H3,(H,26,30). The van der Waals surface area contributed by atoms with Crippen molar-refractivity contribution in [2.75, 3.05) is 20.3 Å². The van der Waals surface area contributed by atoms with Crippen LogP contribution in [0.5, 0.6) is 0 Å². The fraction of sp³-hybridized carbons (Fsp3) is 0.208. The lowest BCUT2D eigenvalue weighted by molar-refractivity contribution is 0.0948. The number of benzene rings is 2. The van der Waals surface area contributed by atoms with Crippen molar-refractivity contribution in [1.82, 2.24) is 19.7 Å². The molecule has 1 amide bonds. The third-order valence-corrected chi connectivity index (χ3v) is 5.06. The fourth-order valence-electron chi connectivity index (χ4n) is 3.48. The summed E-state index contributed by atoms with van der Waals surface area (Å²) in [5, 5.41) is 7.32. The number of carbonyl (C=O) groups excluding carboxylic acids is 1. The van der Waals surface area contributed by atoms with Crippen LogP contribution in [0.25, 0.3) is 16.9 Å². The quantitative estimate of drug-likeness (QED) is 0.433.